The first kappa shape index (κ1) is 17.6. The average Bonchev–Trinajstić information content (AvgIpc) is 3.03. The highest BCUT2D eigenvalue weighted by Crippen LogP contribution is 2.20. The second-order valence-electron chi connectivity index (χ2n) is 5.61. The van der Waals surface area contributed by atoms with Crippen LogP contribution >= 0.6 is 11.3 Å². The maximum Gasteiger partial charge on any atom is 0.325 e. The molecule has 0 atom stereocenters. The van der Waals surface area contributed by atoms with Crippen molar-refractivity contribution in [3.63, 3.8) is 0 Å². The first-order chi connectivity index (χ1) is 12.6. The Kier molecular flexibility index (Phi) is 5.60. The van der Waals surface area contributed by atoms with Gasteiger partial charge in [0.2, 0.25) is 0 Å². The van der Waals surface area contributed by atoms with Crippen LogP contribution in [0, 0.1) is 0 Å². The zero-order valence-electron chi connectivity index (χ0n) is 13.8. The van der Waals surface area contributed by atoms with Crippen molar-refractivity contribution in [2.75, 3.05) is 10.6 Å². The molecule has 1 heterocycles. The molecule has 132 valence electrons. The number of aliphatic carboxylic acids is 1. The van der Waals surface area contributed by atoms with Gasteiger partial charge in [-0.05, 0) is 23.6 Å². The number of nitrogens with zero attached hydrogens (tertiary/aromatic N) is 1. The fourth-order valence-corrected chi connectivity index (χ4v) is 3.17. The minimum Gasteiger partial charge on any atom is -0.481 e. The first-order valence-corrected chi connectivity index (χ1v) is 8.84. The van der Waals surface area contributed by atoms with E-state index in [9.17, 15) is 9.59 Å². The summed E-state index contributed by atoms with van der Waals surface area (Å²) in [5, 5.41) is 16.2. The summed E-state index contributed by atoms with van der Waals surface area (Å²) in [6.45, 7) is 0. The van der Waals surface area contributed by atoms with Crippen LogP contribution in [0.4, 0.5) is 15.6 Å². The van der Waals surface area contributed by atoms with Gasteiger partial charge in [0.25, 0.3) is 0 Å². The summed E-state index contributed by atoms with van der Waals surface area (Å²) in [7, 11) is 0. The molecule has 7 heteroatoms. The lowest BCUT2D eigenvalue weighted by Gasteiger charge is -2.11. The third-order valence-corrected chi connectivity index (χ3v) is 4.41. The fourth-order valence-electron chi connectivity index (χ4n) is 2.46. The van der Waals surface area contributed by atoms with Crippen LogP contribution in [0.25, 0.3) is 0 Å². The number of hydrogen-bond acceptors (Lipinski definition) is 4. The number of amides is 2. The number of nitrogens with one attached hydrogen (secondary N) is 2. The van der Waals surface area contributed by atoms with Crippen molar-refractivity contribution < 1.29 is 14.7 Å². The lowest BCUT2D eigenvalue weighted by Crippen LogP contribution is -2.20. The molecule has 0 aliphatic rings. The van der Waals surface area contributed by atoms with Gasteiger partial charge >= 0.3 is 12.0 Å². The van der Waals surface area contributed by atoms with Gasteiger partial charge in [0, 0.05) is 11.1 Å². The number of anilines is 2. The molecule has 0 saturated heterocycles. The van der Waals surface area contributed by atoms with Crippen LogP contribution in [0.5, 0.6) is 0 Å². The Morgan fingerprint density at radius 1 is 1.00 bits per heavy atom. The number of thiazole rings is 1. The van der Waals surface area contributed by atoms with Gasteiger partial charge < -0.3 is 10.4 Å². The van der Waals surface area contributed by atoms with E-state index in [4.69, 9.17) is 5.11 Å². The molecule has 0 aliphatic heterocycles. The lowest BCUT2D eigenvalue weighted by atomic mass is 10.0. The Hall–Kier alpha value is -3.19. The molecule has 2 aromatic carbocycles. The monoisotopic (exact) mass is 367 g/mol. The second-order valence-corrected chi connectivity index (χ2v) is 6.47. The van der Waals surface area contributed by atoms with Crippen LogP contribution in [-0.4, -0.2) is 22.1 Å². The van der Waals surface area contributed by atoms with Crippen LogP contribution in [0.3, 0.4) is 0 Å². The summed E-state index contributed by atoms with van der Waals surface area (Å²) in [6, 6.07) is 17.2. The van der Waals surface area contributed by atoms with Crippen molar-refractivity contribution in [3.05, 3.63) is 76.8 Å². The van der Waals surface area contributed by atoms with Crippen molar-refractivity contribution in [2.24, 2.45) is 0 Å². The third-order valence-electron chi connectivity index (χ3n) is 3.61. The van der Waals surface area contributed by atoms with Gasteiger partial charge in [-0.2, -0.15) is 0 Å². The van der Waals surface area contributed by atoms with Crippen molar-refractivity contribution in [2.45, 2.75) is 12.8 Å². The van der Waals surface area contributed by atoms with Crippen molar-refractivity contribution >= 4 is 34.2 Å². The fraction of sp³-hybridized carbons (Fsp3) is 0.105. The van der Waals surface area contributed by atoms with E-state index in [0.29, 0.717) is 17.2 Å². The van der Waals surface area contributed by atoms with Gasteiger partial charge in [0.15, 0.2) is 5.13 Å². The Bertz CT molecular complexity index is 909. The van der Waals surface area contributed by atoms with Gasteiger partial charge in [-0.3, -0.25) is 10.1 Å². The Morgan fingerprint density at radius 3 is 2.50 bits per heavy atom. The molecule has 1 aromatic heterocycles. The number of carboxylic acids is 1. The average molecular weight is 367 g/mol. The number of hydrogen-bond donors (Lipinski definition) is 3. The molecule has 0 spiro atoms. The van der Waals surface area contributed by atoms with E-state index in [2.05, 4.69) is 15.6 Å². The number of benzene rings is 2. The van der Waals surface area contributed by atoms with E-state index in [-0.39, 0.29) is 6.42 Å². The van der Waals surface area contributed by atoms with Crippen LogP contribution in [0.1, 0.15) is 16.8 Å². The van der Waals surface area contributed by atoms with E-state index in [0.717, 1.165) is 16.8 Å². The second kappa shape index (κ2) is 8.26. The summed E-state index contributed by atoms with van der Waals surface area (Å²) < 4.78 is 0. The Balaban J connectivity index is 1.66. The molecule has 2 amide bonds. The quantitative estimate of drug-likeness (QED) is 0.614. The summed E-state index contributed by atoms with van der Waals surface area (Å²) in [5.41, 5.74) is 3.29. The highest BCUT2D eigenvalue weighted by Gasteiger charge is 2.11. The zero-order chi connectivity index (χ0) is 18.4. The molecule has 0 aliphatic carbocycles. The molecule has 0 bridgehead atoms. The number of carbonyl (C=O) groups excluding carboxylic acids is 1. The van der Waals surface area contributed by atoms with Crippen LogP contribution in [0.2, 0.25) is 0 Å². The third kappa shape index (κ3) is 4.90. The predicted molar refractivity (Wildman–Crippen MR) is 102 cm³/mol. The molecular formula is C19H17N3O3S. The van der Waals surface area contributed by atoms with Crippen molar-refractivity contribution in [1.29, 1.82) is 0 Å². The standard InChI is InChI=1S/C19H17N3O3S/c23-17(24)11-15-12-26-19(20-15)22-18(25)21-16-9-5-4-8-14(16)10-13-6-2-1-3-7-13/h1-9,12H,10-11H2,(H,23,24)(H2,20,21,22,25). The molecule has 3 aromatic rings. The van der Waals surface area contributed by atoms with E-state index >= 15 is 0 Å². The largest absolute Gasteiger partial charge is 0.481 e. The number of aromatic nitrogens is 1. The first-order valence-electron chi connectivity index (χ1n) is 7.96. The Morgan fingerprint density at radius 2 is 1.73 bits per heavy atom. The molecule has 26 heavy (non-hydrogen) atoms. The summed E-state index contributed by atoms with van der Waals surface area (Å²) >= 11 is 1.19. The van der Waals surface area contributed by atoms with Crippen LogP contribution in [0.15, 0.2) is 60.0 Å². The topological polar surface area (TPSA) is 91.3 Å². The highest BCUT2D eigenvalue weighted by molar-refractivity contribution is 7.13. The number of carboxylic acid groups (broad SMARTS) is 1. The van der Waals surface area contributed by atoms with Gasteiger partial charge in [-0.15, -0.1) is 11.3 Å². The van der Waals surface area contributed by atoms with Gasteiger partial charge in [0.05, 0.1) is 12.1 Å². The number of rotatable bonds is 6. The number of para-hydroxylation sites is 1. The van der Waals surface area contributed by atoms with E-state index in [1.807, 2.05) is 54.6 Å². The molecule has 3 rings (SSSR count). The maximum absolute atomic E-state index is 12.2. The van der Waals surface area contributed by atoms with Gasteiger partial charge in [0.1, 0.15) is 0 Å². The van der Waals surface area contributed by atoms with Gasteiger partial charge in [-0.1, -0.05) is 48.5 Å². The van der Waals surface area contributed by atoms with Crippen LogP contribution < -0.4 is 10.6 Å². The number of urea groups is 1. The lowest BCUT2D eigenvalue weighted by molar-refractivity contribution is -0.136. The molecule has 6 nitrogen and oxygen atoms in total. The molecule has 0 radical (unpaired) electrons. The molecule has 0 saturated carbocycles. The SMILES string of the molecule is O=C(O)Cc1csc(NC(=O)Nc2ccccc2Cc2ccccc2)n1. The van der Waals surface area contributed by atoms with Crippen molar-refractivity contribution in [3.8, 4) is 0 Å². The minimum absolute atomic E-state index is 0.167. The van der Waals surface area contributed by atoms with Gasteiger partial charge in [-0.25, -0.2) is 9.78 Å². The highest BCUT2D eigenvalue weighted by atomic mass is 32.1. The maximum atomic E-state index is 12.2. The smallest absolute Gasteiger partial charge is 0.325 e. The Labute approximate surface area is 154 Å². The molecule has 3 N–H and O–H groups in total. The summed E-state index contributed by atoms with van der Waals surface area (Å²) in [4.78, 5) is 27.0. The molecule has 0 fully saturated rings. The normalized spacial score (nSPS) is 10.3. The zero-order valence-corrected chi connectivity index (χ0v) is 14.6. The van der Waals surface area contributed by atoms with Crippen molar-refractivity contribution in [1.82, 2.24) is 4.98 Å². The predicted octanol–water partition coefficient (Wildman–Crippen LogP) is 4.01. The van der Waals surface area contributed by atoms with E-state index < -0.39 is 12.0 Å². The molecule has 0 unspecified atom stereocenters. The summed E-state index contributed by atoms with van der Waals surface area (Å²) in [5.74, 6) is -0.957. The van der Waals surface area contributed by atoms with E-state index in [1.165, 1.54) is 11.3 Å². The minimum atomic E-state index is -0.957. The number of carbonyl (C=O) groups is 2. The summed E-state index contributed by atoms with van der Waals surface area (Å²) in [6.07, 6.45) is 0.539. The van der Waals surface area contributed by atoms with E-state index in [1.54, 1.807) is 5.38 Å². The van der Waals surface area contributed by atoms with Crippen LogP contribution in [-0.2, 0) is 17.6 Å². The molecular weight excluding hydrogens is 350 g/mol.